The van der Waals surface area contributed by atoms with Crippen molar-refractivity contribution >= 4 is 22.1 Å². The first-order valence-electron chi connectivity index (χ1n) is 6.34. The third-order valence-electron chi connectivity index (χ3n) is 3.22. The van der Waals surface area contributed by atoms with E-state index < -0.39 is 0 Å². The fourth-order valence-electron chi connectivity index (χ4n) is 2.21. The van der Waals surface area contributed by atoms with E-state index in [1.807, 2.05) is 24.3 Å². The van der Waals surface area contributed by atoms with Gasteiger partial charge in [-0.15, -0.1) is 0 Å². The van der Waals surface area contributed by atoms with Gasteiger partial charge in [0, 0.05) is 41.1 Å². The number of nitrogens with two attached hydrogens (primary N) is 1. The highest BCUT2D eigenvalue weighted by atomic mass is 19.1. The minimum atomic E-state index is -0.229. The third kappa shape index (κ3) is 2.40. The molecular weight excluding hydrogens is 253 g/mol. The van der Waals surface area contributed by atoms with Crippen LogP contribution < -0.4 is 11.1 Å². The highest BCUT2D eigenvalue weighted by molar-refractivity contribution is 6.00. The van der Waals surface area contributed by atoms with E-state index >= 15 is 0 Å². The van der Waals surface area contributed by atoms with Gasteiger partial charge in [-0.3, -0.25) is 4.98 Å². The van der Waals surface area contributed by atoms with Gasteiger partial charge in [0.25, 0.3) is 0 Å². The van der Waals surface area contributed by atoms with E-state index in [-0.39, 0.29) is 5.82 Å². The van der Waals surface area contributed by atoms with Gasteiger partial charge in [-0.05, 0) is 35.9 Å². The molecule has 0 aliphatic carbocycles. The summed E-state index contributed by atoms with van der Waals surface area (Å²) in [6.45, 7) is 0.547. The molecule has 0 spiro atoms. The Kier molecular flexibility index (Phi) is 3.21. The molecular formula is C16H14FN3. The maximum absolute atomic E-state index is 13.1. The van der Waals surface area contributed by atoms with Crippen molar-refractivity contribution in [2.24, 2.45) is 0 Å². The number of anilines is 2. The van der Waals surface area contributed by atoms with Gasteiger partial charge in [0.15, 0.2) is 0 Å². The minimum Gasteiger partial charge on any atom is -0.398 e. The van der Waals surface area contributed by atoms with Gasteiger partial charge in [0.1, 0.15) is 5.82 Å². The molecule has 0 bridgehead atoms. The van der Waals surface area contributed by atoms with Crippen LogP contribution in [-0.2, 0) is 6.54 Å². The van der Waals surface area contributed by atoms with Crippen molar-refractivity contribution in [3.8, 4) is 0 Å². The minimum absolute atomic E-state index is 0.229. The Labute approximate surface area is 116 Å². The fraction of sp³-hybridized carbons (Fsp3) is 0.0625. The fourth-order valence-corrected chi connectivity index (χ4v) is 2.21. The number of pyridine rings is 1. The van der Waals surface area contributed by atoms with Crippen molar-refractivity contribution in [1.82, 2.24) is 4.98 Å². The molecule has 3 nitrogen and oxygen atoms in total. The predicted molar refractivity (Wildman–Crippen MR) is 79.9 cm³/mol. The molecule has 0 aliphatic heterocycles. The van der Waals surface area contributed by atoms with Gasteiger partial charge < -0.3 is 11.1 Å². The zero-order valence-corrected chi connectivity index (χ0v) is 10.8. The van der Waals surface area contributed by atoms with Crippen LogP contribution in [0.2, 0.25) is 0 Å². The average molecular weight is 267 g/mol. The van der Waals surface area contributed by atoms with Crippen molar-refractivity contribution in [3.05, 3.63) is 66.2 Å². The number of aromatic nitrogens is 1. The quantitative estimate of drug-likeness (QED) is 0.713. The van der Waals surface area contributed by atoms with E-state index in [1.54, 1.807) is 18.5 Å². The number of nitrogens with one attached hydrogen (secondary N) is 1. The van der Waals surface area contributed by atoms with Gasteiger partial charge in [0.2, 0.25) is 0 Å². The molecule has 3 rings (SSSR count). The summed E-state index contributed by atoms with van der Waals surface area (Å²) >= 11 is 0. The summed E-state index contributed by atoms with van der Waals surface area (Å²) in [5.74, 6) is -0.229. The van der Waals surface area contributed by atoms with Gasteiger partial charge in [0.05, 0.1) is 0 Å². The summed E-state index contributed by atoms with van der Waals surface area (Å²) in [5, 5.41) is 5.22. The molecule has 1 aromatic heterocycles. The number of hydrogen-bond donors (Lipinski definition) is 2. The standard InChI is InChI=1S/C16H14FN3/c17-12-3-1-2-11(8-12)9-20-16-5-4-15(18)13-6-7-19-10-14(13)16/h1-8,10,20H,9,18H2. The van der Waals surface area contributed by atoms with E-state index in [0.717, 1.165) is 27.7 Å². The molecule has 0 atom stereocenters. The third-order valence-corrected chi connectivity index (χ3v) is 3.22. The molecule has 100 valence electrons. The van der Waals surface area contributed by atoms with E-state index in [4.69, 9.17) is 5.73 Å². The Hall–Kier alpha value is -2.62. The molecule has 0 unspecified atom stereocenters. The second-order valence-corrected chi connectivity index (χ2v) is 4.61. The Bertz CT molecular complexity index is 756. The number of hydrogen-bond acceptors (Lipinski definition) is 3. The molecule has 3 aromatic rings. The number of rotatable bonds is 3. The summed E-state index contributed by atoms with van der Waals surface area (Å²) in [4.78, 5) is 4.13. The van der Waals surface area contributed by atoms with Gasteiger partial charge >= 0.3 is 0 Å². The van der Waals surface area contributed by atoms with Gasteiger partial charge in [-0.1, -0.05) is 12.1 Å². The molecule has 2 aromatic carbocycles. The van der Waals surface area contributed by atoms with E-state index in [0.29, 0.717) is 6.54 Å². The number of fused-ring (bicyclic) bond motifs is 1. The Morgan fingerprint density at radius 1 is 1.10 bits per heavy atom. The highest BCUT2D eigenvalue weighted by Gasteiger charge is 2.04. The first-order chi connectivity index (χ1) is 9.74. The first kappa shape index (κ1) is 12.4. The maximum atomic E-state index is 13.1. The van der Waals surface area contributed by atoms with Crippen LogP contribution in [0.25, 0.3) is 10.8 Å². The molecule has 1 heterocycles. The van der Waals surface area contributed by atoms with Crippen LogP contribution in [0.5, 0.6) is 0 Å². The second-order valence-electron chi connectivity index (χ2n) is 4.61. The summed E-state index contributed by atoms with van der Waals surface area (Å²) < 4.78 is 13.1. The number of halogens is 1. The normalized spacial score (nSPS) is 10.7. The largest absolute Gasteiger partial charge is 0.398 e. The molecule has 0 radical (unpaired) electrons. The lowest BCUT2D eigenvalue weighted by atomic mass is 10.1. The SMILES string of the molecule is Nc1ccc(NCc2cccc(F)c2)c2cnccc12. The first-order valence-corrected chi connectivity index (χ1v) is 6.34. The van der Waals surface area contributed by atoms with Gasteiger partial charge in [-0.2, -0.15) is 0 Å². The predicted octanol–water partition coefficient (Wildman–Crippen LogP) is 3.57. The van der Waals surface area contributed by atoms with Crippen LogP contribution in [0.15, 0.2) is 54.9 Å². The number of nitrogens with zero attached hydrogens (tertiary/aromatic N) is 1. The molecule has 0 saturated heterocycles. The highest BCUT2D eigenvalue weighted by Crippen LogP contribution is 2.27. The zero-order chi connectivity index (χ0) is 13.9. The maximum Gasteiger partial charge on any atom is 0.123 e. The van der Waals surface area contributed by atoms with E-state index in [2.05, 4.69) is 10.3 Å². The Morgan fingerprint density at radius 2 is 2.00 bits per heavy atom. The lowest BCUT2D eigenvalue weighted by Gasteiger charge is -2.11. The molecule has 0 fully saturated rings. The van der Waals surface area contributed by atoms with Crippen LogP contribution in [0.1, 0.15) is 5.56 Å². The van der Waals surface area contributed by atoms with Crippen molar-refractivity contribution < 1.29 is 4.39 Å². The van der Waals surface area contributed by atoms with E-state index in [9.17, 15) is 4.39 Å². The van der Waals surface area contributed by atoms with Crippen LogP contribution in [0, 0.1) is 5.82 Å². The second kappa shape index (κ2) is 5.17. The molecule has 0 amide bonds. The lowest BCUT2D eigenvalue weighted by molar-refractivity contribution is 0.626. The van der Waals surface area contributed by atoms with Crippen LogP contribution in [-0.4, -0.2) is 4.98 Å². The molecule has 3 N–H and O–H groups in total. The van der Waals surface area contributed by atoms with Crippen LogP contribution in [0.3, 0.4) is 0 Å². The lowest BCUT2D eigenvalue weighted by Crippen LogP contribution is -2.01. The molecule has 0 aliphatic rings. The summed E-state index contributed by atoms with van der Waals surface area (Å²) in [7, 11) is 0. The molecule has 20 heavy (non-hydrogen) atoms. The van der Waals surface area contributed by atoms with E-state index in [1.165, 1.54) is 12.1 Å². The number of nitrogen functional groups attached to an aromatic ring is 1. The van der Waals surface area contributed by atoms with Crippen molar-refractivity contribution in [3.63, 3.8) is 0 Å². The van der Waals surface area contributed by atoms with Crippen molar-refractivity contribution in [1.29, 1.82) is 0 Å². The zero-order valence-electron chi connectivity index (χ0n) is 10.8. The Balaban J connectivity index is 1.90. The molecule has 4 heteroatoms. The van der Waals surface area contributed by atoms with Crippen LogP contribution >= 0.6 is 0 Å². The van der Waals surface area contributed by atoms with Crippen LogP contribution in [0.4, 0.5) is 15.8 Å². The van der Waals surface area contributed by atoms with Crippen molar-refractivity contribution in [2.75, 3.05) is 11.1 Å². The number of benzene rings is 2. The summed E-state index contributed by atoms with van der Waals surface area (Å²) in [6, 6.07) is 12.2. The van der Waals surface area contributed by atoms with Gasteiger partial charge in [-0.25, -0.2) is 4.39 Å². The smallest absolute Gasteiger partial charge is 0.123 e. The monoisotopic (exact) mass is 267 g/mol. The Morgan fingerprint density at radius 3 is 2.85 bits per heavy atom. The topological polar surface area (TPSA) is 50.9 Å². The molecule has 0 saturated carbocycles. The summed E-state index contributed by atoms with van der Waals surface area (Å²) in [6.07, 6.45) is 3.49. The van der Waals surface area contributed by atoms with Crippen molar-refractivity contribution in [2.45, 2.75) is 6.54 Å². The average Bonchev–Trinajstić information content (AvgIpc) is 2.47. The summed E-state index contributed by atoms with van der Waals surface area (Å²) in [5.41, 5.74) is 8.49.